The number of carbonyl (C=O) groups is 1. The van der Waals surface area contributed by atoms with Gasteiger partial charge in [0.15, 0.2) is 0 Å². The summed E-state index contributed by atoms with van der Waals surface area (Å²) in [5.74, 6) is -0.664. The van der Waals surface area contributed by atoms with Crippen LogP contribution in [0.3, 0.4) is 0 Å². The molecule has 0 heterocycles. The molecule has 0 aliphatic carbocycles. The Morgan fingerprint density at radius 2 is 2.12 bits per heavy atom. The quantitative estimate of drug-likeness (QED) is 0.459. The second-order valence-electron chi connectivity index (χ2n) is 1.19. The van der Waals surface area contributed by atoms with Crippen molar-refractivity contribution >= 4 is 5.91 Å². The first kappa shape index (κ1) is 11.9. The van der Waals surface area contributed by atoms with Gasteiger partial charge in [-0.25, -0.2) is 0 Å². The molecule has 0 aromatic heterocycles. The number of nitrogens with two attached hydrogens (primary N) is 2. The predicted octanol–water partition coefficient (Wildman–Crippen LogP) is -4.14. The molecular formula is C3H8N3ORb. The van der Waals surface area contributed by atoms with Crippen LogP contribution in [0.5, 0.6) is 0 Å². The van der Waals surface area contributed by atoms with E-state index >= 15 is 0 Å². The molecule has 5 N–H and O–H groups in total. The molecule has 0 aliphatic rings. The largest absolute Gasteiger partial charge is 1.00 e. The third kappa shape index (κ3) is 5.33. The van der Waals surface area contributed by atoms with Crippen molar-refractivity contribution in [2.45, 2.75) is 6.04 Å². The Bertz CT molecular complexity index is 76.9. The Kier molecular flexibility index (Phi) is 9.42. The molecule has 0 aliphatic heterocycles. The Morgan fingerprint density at radius 3 is 2.12 bits per heavy atom. The van der Waals surface area contributed by atoms with Crippen LogP contribution in [0, 0.1) is 0 Å². The van der Waals surface area contributed by atoms with E-state index in [1.54, 1.807) is 0 Å². The average molecular weight is 188 g/mol. The third-order valence-electron chi connectivity index (χ3n) is 0.579. The number of hydrogen-bond acceptors (Lipinski definition) is 2. The molecule has 0 rings (SSSR count). The van der Waals surface area contributed by atoms with Crippen molar-refractivity contribution in [2.75, 3.05) is 6.54 Å². The van der Waals surface area contributed by atoms with Gasteiger partial charge in [0.25, 0.3) is 0 Å². The van der Waals surface area contributed by atoms with Crippen molar-refractivity contribution in [1.82, 2.24) is 0 Å². The Balaban J connectivity index is 0. The van der Waals surface area contributed by atoms with Gasteiger partial charge in [0.05, 0.1) is 0 Å². The van der Waals surface area contributed by atoms with Crippen LogP contribution in [0.25, 0.3) is 5.73 Å². The van der Waals surface area contributed by atoms with E-state index in [4.69, 9.17) is 11.5 Å². The summed E-state index contributed by atoms with van der Waals surface area (Å²) in [6.45, 7) is 0.00926. The van der Waals surface area contributed by atoms with E-state index in [1.807, 2.05) is 0 Å². The summed E-state index contributed by atoms with van der Waals surface area (Å²) in [7, 11) is 0. The molecular weight excluding hydrogens is 180 g/mol. The maximum absolute atomic E-state index is 9.89. The number of primary amides is 1. The van der Waals surface area contributed by atoms with E-state index in [0.717, 1.165) is 0 Å². The minimum atomic E-state index is -0.931. The van der Waals surface area contributed by atoms with Crippen LogP contribution in [-0.2, 0) is 4.79 Å². The Morgan fingerprint density at radius 1 is 1.75 bits per heavy atom. The molecule has 4 nitrogen and oxygen atoms in total. The van der Waals surface area contributed by atoms with Crippen molar-refractivity contribution < 1.29 is 63.0 Å². The fraction of sp³-hybridized carbons (Fsp3) is 0.667. The fourth-order valence-electron chi connectivity index (χ4n) is 0.116. The minimum absolute atomic E-state index is 0. The molecule has 1 atom stereocenters. The van der Waals surface area contributed by atoms with Crippen LogP contribution < -0.4 is 69.7 Å². The number of hydrogen-bond donors (Lipinski definition) is 2. The topological polar surface area (TPSA) is 92.9 Å². The van der Waals surface area contributed by atoms with Crippen molar-refractivity contribution in [1.29, 1.82) is 0 Å². The first-order chi connectivity index (χ1) is 3.18. The zero-order valence-corrected chi connectivity index (χ0v) is 9.76. The summed E-state index contributed by atoms with van der Waals surface area (Å²) in [5.41, 5.74) is 16.2. The van der Waals surface area contributed by atoms with E-state index < -0.39 is 11.9 Å². The smallest absolute Gasteiger partial charge is 0.666 e. The molecule has 0 fully saturated rings. The molecule has 0 radical (unpaired) electrons. The minimum Gasteiger partial charge on any atom is -0.666 e. The van der Waals surface area contributed by atoms with Gasteiger partial charge in [-0.05, 0) is 12.6 Å². The summed E-state index contributed by atoms with van der Waals surface area (Å²) in [6.07, 6.45) is 0. The molecule has 0 bridgehead atoms. The summed E-state index contributed by atoms with van der Waals surface area (Å²) < 4.78 is 0. The molecule has 8 heavy (non-hydrogen) atoms. The molecule has 0 spiro atoms. The van der Waals surface area contributed by atoms with Gasteiger partial charge in [0.1, 0.15) is 0 Å². The SMILES string of the molecule is [NH-][C@@H](CN)C(N)=O.[Rb+]. The first-order valence-corrected chi connectivity index (χ1v) is 1.89. The standard InChI is InChI=1S/C3H8N3O.Rb/c4-1-2(5)3(6)7;/h2,5H,1,4H2,(H2,6,7);/q-1;+1/t2-;/m0./s1. The van der Waals surface area contributed by atoms with Crippen molar-refractivity contribution in [3.63, 3.8) is 0 Å². The van der Waals surface area contributed by atoms with Gasteiger partial charge in [-0.3, -0.25) is 4.79 Å². The summed E-state index contributed by atoms with van der Waals surface area (Å²) in [4.78, 5) is 9.89. The van der Waals surface area contributed by atoms with E-state index in [1.165, 1.54) is 0 Å². The van der Waals surface area contributed by atoms with Crippen LogP contribution in [0.15, 0.2) is 0 Å². The molecule has 0 saturated heterocycles. The van der Waals surface area contributed by atoms with E-state index in [9.17, 15) is 4.79 Å². The van der Waals surface area contributed by atoms with Gasteiger partial charge in [0.2, 0.25) is 5.91 Å². The maximum atomic E-state index is 9.89. The first-order valence-electron chi connectivity index (χ1n) is 1.89. The molecule has 0 aromatic rings. The van der Waals surface area contributed by atoms with E-state index in [2.05, 4.69) is 5.73 Å². The monoisotopic (exact) mass is 187 g/mol. The van der Waals surface area contributed by atoms with Gasteiger partial charge < -0.3 is 17.2 Å². The van der Waals surface area contributed by atoms with Gasteiger partial charge in [-0.2, -0.15) is 0 Å². The number of carbonyl (C=O) groups excluding carboxylic acids is 1. The summed E-state index contributed by atoms with van der Waals surface area (Å²) in [5, 5.41) is 0. The van der Waals surface area contributed by atoms with Gasteiger partial charge >= 0.3 is 58.2 Å². The second kappa shape index (κ2) is 6.32. The number of nitrogens with one attached hydrogen (secondary N) is 1. The molecule has 5 heteroatoms. The van der Waals surface area contributed by atoms with Crippen molar-refractivity contribution in [2.24, 2.45) is 11.5 Å². The molecule has 42 valence electrons. The second-order valence-corrected chi connectivity index (χ2v) is 1.19. The number of amides is 1. The summed E-state index contributed by atoms with van der Waals surface area (Å²) in [6, 6.07) is -0.931. The van der Waals surface area contributed by atoms with Crippen LogP contribution >= 0.6 is 0 Å². The average Bonchev–Trinajstić information content (AvgIpc) is 1.65. The molecule has 1 amide bonds. The molecule has 0 saturated carbocycles. The van der Waals surface area contributed by atoms with Crippen LogP contribution in [0.4, 0.5) is 0 Å². The van der Waals surface area contributed by atoms with E-state index in [0.29, 0.717) is 0 Å². The summed E-state index contributed by atoms with van der Waals surface area (Å²) >= 11 is 0. The third-order valence-corrected chi connectivity index (χ3v) is 0.579. The molecule has 0 aromatic carbocycles. The zero-order chi connectivity index (χ0) is 5.86. The molecule has 0 unspecified atom stereocenters. The predicted molar refractivity (Wildman–Crippen MR) is 26.4 cm³/mol. The van der Waals surface area contributed by atoms with Crippen LogP contribution in [0.1, 0.15) is 0 Å². The van der Waals surface area contributed by atoms with Crippen molar-refractivity contribution in [3.8, 4) is 0 Å². The zero-order valence-electron chi connectivity index (χ0n) is 4.85. The normalized spacial score (nSPS) is 11.8. The van der Waals surface area contributed by atoms with Crippen molar-refractivity contribution in [3.05, 3.63) is 5.73 Å². The Hall–Kier alpha value is 1.20. The van der Waals surface area contributed by atoms with Gasteiger partial charge in [-0.15, -0.1) is 0 Å². The van der Waals surface area contributed by atoms with E-state index in [-0.39, 0.29) is 64.7 Å². The van der Waals surface area contributed by atoms with Gasteiger partial charge in [0, 0.05) is 0 Å². The Labute approximate surface area is 96.9 Å². The number of rotatable bonds is 2. The van der Waals surface area contributed by atoms with Crippen LogP contribution in [-0.4, -0.2) is 18.5 Å². The van der Waals surface area contributed by atoms with Gasteiger partial charge in [-0.1, -0.05) is 0 Å². The fourth-order valence-corrected chi connectivity index (χ4v) is 0.116. The maximum Gasteiger partial charge on any atom is 1.00 e. The van der Waals surface area contributed by atoms with Crippen LogP contribution in [0.2, 0.25) is 0 Å².